The van der Waals surface area contributed by atoms with Gasteiger partial charge in [-0.1, -0.05) is 26.0 Å². The zero-order chi connectivity index (χ0) is 16.9. The summed E-state index contributed by atoms with van der Waals surface area (Å²) in [5.41, 5.74) is 1.19. The fourth-order valence-corrected chi connectivity index (χ4v) is 3.41. The van der Waals surface area contributed by atoms with Crippen molar-refractivity contribution >= 4 is 5.91 Å². The van der Waals surface area contributed by atoms with E-state index in [0.717, 1.165) is 37.7 Å². The number of hydrogen-bond donors (Lipinski definition) is 1. The van der Waals surface area contributed by atoms with Crippen molar-refractivity contribution in [2.75, 3.05) is 32.8 Å². The van der Waals surface area contributed by atoms with E-state index in [9.17, 15) is 4.79 Å². The Balaban J connectivity index is 1.57. The van der Waals surface area contributed by atoms with Gasteiger partial charge in [-0.15, -0.1) is 0 Å². The molecule has 0 bridgehead atoms. The quantitative estimate of drug-likeness (QED) is 0.900. The molecule has 0 spiro atoms. The lowest BCUT2D eigenvalue weighted by atomic mass is 9.97. The molecule has 0 radical (unpaired) electrons. The number of rotatable bonds is 5. The van der Waals surface area contributed by atoms with Crippen LogP contribution in [-0.4, -0.2) is 43.7 Å². The Morgan fingerprint density at radius 1 is 1.33 bits per heavy atom. The third-order valence-corrected chi connectivity index (χ3v) is 4.73. The maximum atomic E-state index is 11.8. The predicted octanol–water partition coefficient (Wildman–Crippen LogP) is 2.44. The molecule has 2 aliphatic heterocycles. The van der Waals surface area contributed by atoms with Crippen molar-refractivity contribution in [2.24, 2.45) is 11.8 Å². The van der Waals surface area contributed by atoms with Crippen LogP contribution >= 0.6 is 0 Å². The first-order valence-corrected chi connectivity index (χ1v) is 9.01. The van der Waals surface area contributed by atoms with Gasteiger partial charge in [-0.05, 0) is 31.4 Å². The number of amides is 1. The van der Waals surface area contributed by atoms with E-state index in [1.807, 2.05) is 26.0 Å². The number of nitrogens with zero attached hydrogens (tertiary/aromatic N) is 1. The normalized spacial score (nSPS) is 20.9. The van der Waals surface area contributed by atoms with Gasteiger partial charge in [-0.3, -0.25) is 9.69 Å². The van der Waals surface area contributed by atoms with E-state index in [0.29, 0.717) is 19.1 Å². The molecule has 1 fully saturated rings. The number of likely N-dealkylation sites (tertiary alicyclic amines) is 1. The summed E-state index contributed by atoms with van der Waals surface area (Å²) in [6.45, 7) is 8.88. The Bertz CT molecular complexity index is 574. The van der Waals surface area contributed by atoms with Crippen molar-refractivity contribution in [1.82, 2.24) is 10.2 Å². The van der Waals surface area contributed by atoms with Gasteiger partial charge < -0.3 is 14.8 Å². The first-order chi connectivity index (χ1) is 11.6. The van der Waals surface area contributed by atoms with Crippen molar-refractivity contribution in [3.05, 3.63) is 23.8 Å². The van der Waals surface area contributed by atoms with Crippen LogP contribution in [0.3, 0.4) is 0 Å². The summed E-state index contributed by atoms with van der Waals surface area (Å²) in [4.78, 5) is 14.2. The first-order valence-electron chi connectivity index (χ1n) is 9.01. The molecular weight excluding hydrogens is 304 g/mol. The largest absolute Gasteiger partial charge is 0.486 e. The summed E-state index contributed by atoms with van der Waals surface area (Å²) in [5.74, 6) is 2.49. The van der Waals surface area contributed by atoms with Gasteiger partial charge in [0, 0.05) is 31.1 Å². The second-order valence-electron chi connectivity index (χ2n) is 7.08. The van der Waals surface area contributed by atoms with Crippen LogP contribution in [-0.2, 0) is 11.3 Å². The van der Waals surface area contributed by atoms with Gasteiger partial charge in [0.05, 0.1) is 0 Å². The van der Waals surface area contributed by atoms with Crippen LogP contribution in [0.2, 0.25) is 0 Å². The zero-order valence-electron chi connectivity index (χ0n) is 14.7. The van der Waals surface area contributed by atoms with Crippen LogP contribution in [0.5, 0.6) is 11.5 Å². The van der Waals surface area contributed by atoms with Gasteiger partial charge in [0.2, 0.25) is 5.91 Å². The Kier molecular flexibility index (Phi) is 5.61. The number of nitrogens with one attached hydrogen (secondary N) is 1. The van der Waals surface area contributed by atoms with Gasteiger partial charge in [0.15, 0.2) is 11.5 Å². The molecule has 0 aromatic heterocycles. The molecule has 132 valence electrons. The summed E-state index contributed by atoms with van der Waals surface area (Å²) < 4.78 is 11.5. The number of carbonyl (C=O) groups is 1. The number of ether oxygens (including phenoxy) is 2. The fourth-order valence-electron chi connectivity index (χ4n) is 3.41. The van der Waals surface area contributed by atoms with E-state index in [4.69, 9.17) is 9.47 Å². The predicted molar refractivity (Wildman–Crippen MR) is 93.3 cm³/mol. The average molecular weight is 332 g/mol. The van der Waals surface area contributed by atoms with E-state index in [1.165, 1.54) is 18.4 Å². The second-order valence-corrected chi connectivity index (χ2v) is 7.08. The smallest absolute Gasteiger partial charge is 0.222 e. The van der Waals surface area contributed by atoms with Gasteiger partial charge in [-0.25, -0.2) is 0 Å². The molecule has 1 atom stereocenters. The number of carbonyl (C=O) groups excluding carboxylic acids is 1. The van der Waals surface area contributed by atoms with Crippen molar-refractivity contribution < 1.29 is 14.3 Å². The standard InChI is InChI=1S/C19H28N2O3/c1-14(2)19(22)20-11-15-5-4-8-21(12-15)13-16-6-3-7-17-18(16)24-10-9-23-17/h3,6-7,14-15H,4-5,8-13H2,1-2H3,(H,20,22)/t15-/m0/s1. The van der Waals surface area contributed by atoms with Crippen LogP contribution < -0.4 is 14.8 Å². The number of hydrogen-bond acceptors (Lipinski definition) is 4. The lowest BCUT2D eigenvalue weighted by molar-refractivity contribution is -0.124. The maximum Gasteiger partial charge on any atom is 0.222 e. The lowest BCUT2D eigenvalue weighted by Gasteiger charge is -2.33. The minimum absolute atomic E-state index is 0.0534. The monoisotopic (exact) mass is 332 g/mol. The third kappa shape index (κ3) is 4.20. The SMILES string of the molecule is CC(C)C(=O)NC[C@@H]1CCCN(Cc2cccc3c2OCCO3)C1. The third-order valence-electron chi connectivity index (χ3n) is 4.73. The molecule has 3 rings (SSSR count). The summed E-state index contributed by atoms with van der Waals surface area (Å²) in [7, 11) is 0. The molecule has 5 nitrogen and oxygen atoms in total. The van der Waals surface area contributed by atoms with Gasteiger partial charge in [0.25, 0.3) is 0 Å². The summed E-state index contributed by atoms with van der Waals surface area (Å²) in [6.07, 6.45) is 2.36. The molecule has 24 heavy (non-hydrogen) atoms. The van der Waals surface area contributed by atoms with Crippen LogP contribution in [0.1, 0.15) is 32.3 Å². The molecule has 1 N–H and O–H groups in total. The van der Waals surface area contributed by atoms with Crippen LogP contribution in [0.4, 0.5) is 0 Å². The van der Waals surface area contributed by atoms with Gasteiger partial charge in [-0.2, -0.15) is 0 Å². The highest BCUT2D eigenvalue weighted by Gasteiger charge is 2.23. The molecule has 1 amide bonds. The maximum absolute atomic E-state index is 11.8. The Labute approximate surface area is 144 Å². The number of fused-ring (bicyclic) bond motifs is 1. The minimum atomic E-state index is 0.0534. The number of piperidine rings is 1. The van der Waals surface area contributed by atoms with Gasteiger partial charge >= 0.3 is 0 Å². The Hall–Kier alpha value is -1.75. The molecule has 5 heteroatoms. The van der Waals surface area contributed by atoms with Crippen LogP contribution in [0, 0.1) is 11.8 Å². The lowest BCUT2D eigenvalue weighted by Crippen LogP contribution is -2.41. The zero-order valence-corrected chi connectivity index (χ0v) is 14.7. The van der Waals surface area contributed by atoms with E-state index in [1.54, 1.807) is 0 Å². The molecule has 2 heterocycles. The summed E-state index contributed by atoms with van der Waals surface area (Å²) in [5, 5.41) is 3.08. The summed E-state index contributed by atoms with van der Waals surface area (Å²) >= 11 is 0. The topological polar surface area (TPSA) is 50.8 Å². The molecular formula is C19H28N2O3. The van der Waals surface area contributed by atoms with Crippen LogP contribution in [0.25, 0.3) is 0 Å². The molecule has 1 aromatic rings. The fraction of sp³-hybridized carbons (Fsp3) is 0.632. The first kappa shape index (κ1) is 17.1. The van der Waals surface area contributed by atoms with Crippen molar-refractivity contribution in [3.8, 4) is 11.5 Å². The van der Waals surface area contributed by atoms with E-state index in [2.05, 4.69) is 16.3 Å². The molecule has 0 unspecified atom stereocenters. The summed E-state index contributed by atoms with van der Waals surface area (Å²) in [6, 6.07) is 6.13. The van der Waals surface area contributed by atoms with Gasteiger partial charge in [0.1, 0.15) is 13.2 Å². The van der Waals surface area contributed by atoms with E-state index in [-0.39, 0.29) is 11.8 Å². The molecule has 1 saturated heterocycles. The second kappa shape index (κ2) is 7.88. The van der Waals surface area contributed by atoms with E-state index < -0.39 is 0 Å². The highest BCUT2D eigenvalue weighted by atomic mass is 16.6. The van der Waals surface area contributed by atoms with E-state index >= 15 is 0 Å². The average Bonchev–Trinajstić information content (AvgIpc) is 2.60. The highest BCUT2D eigenvalue weighted by molar-refractivity contribution is 5.77. The number of benzene rings is 1. The molecule has 0 aliphatic carbocycles. The highest BCUT2D eigenvalue weighted by Crippen LogP contribution is 2.34. The molecule has 0 saturated carbocycles. The molecule has 1 aromatic carbocycles. The van der Waals surface area contributed by atoms with Crippen LogP contribution in [0.15, 0.2) is 18.2 Å². The minimum Gasteiger partial charge on any atom is -0.486 e. The van der Waals surface area contributed by atoms with Crippen molar-refractivity contribution in [1.29, 1.82) is 0 Å². The Morgan fingerprint density at radius 3 is 3.00 bits per heavy atom. The Morgan fingerprint density at radius 2 is 2.17 bits per heavy atom. The molecule has 2 aliphatic rings. The van der Waals surface area contributed by atoms with Crippen molar-refractivity contribution in [2.45, 2.75) is 33.2 Å². The number of para-hydroxylation sites is 1. The van der Waals surface area contributed by atoms with Crippen molar-refractivity contribution in [3.63, 3.8) is 0 Å².